The molecule has 0 unspecified atom stereocenters. The van der Waals surface area contributed by atoms with Gasteiger partial charge in [0.2, 0.25) is 5.91 Å². The first kappa shape index (κ1) is 17.7. The summed E-state index contributed by atoms with van der Waals surface area (Å²) in [6, 6.07) is 6.11. The minimum absolute atomic E-state index is 0.312. The van der Waals surface area contributed by atoms with Gasteiger partial charge in [-0.1, -0.05) is 6.07 Å². The maximum atomic E-state index is 12.5. The van der Waals surface area contributed by atoms with Crippen molar-refractivity contribution in [2.24, 2.45) is 5.92 Å². The van der Waals surface area contributed by atoms with Crippen LogP contribution in [-0.4, -0.2) is 67.0 Å². The highest BCUT2D eigenvalue weighted by atomic mass is 16.2. The van der Waals surface area contributed by atoms with Gasteiger partial charge in [0.15, 0.2) is 0 Å². The van der Waals surface area contributed by atoms with Crippen LogP contribution < -0.4 is 4.90 Å². The van der Waals surface area contributed by atoms with Crippen LogP contribution in [-0.2, 0) is 4.79 Å². The zero-order valence-corrected chi connectivity index (χ0v) is 15.2. The molecule has 0 spiro atoms. The Bertz CT molecular complexity index is 652. The largest absolute Gasteiger partial charge is 0.357 e. The monoisotopic (exact) mass is 341 g/mol. The standard InChI is InChI=1S/C19H27N5O/c1-15-3-4-18(21-17(15)14-20)23-7-5-16(6-8-23)13-19(25)24-11-9-22(2)10-12-24/h3-4,16H,5-13H2,1-2H3. The number of hydrogen-bond acceptors (Lipinski definition) is 5. The Balaban J connectivity index is 1.50. The van der Waals surface area contributed by atoms with Gasteiger partial charge in [-0.25, -0.2) is 4.98 Å². The molecule has 2 aliphatic rings. The lowest BCUT2D eigenvalue weighted by Gasteiger charge is -2.36. The molecule has 1 aromatic rings. The molecule has 0 saturated carbocycles. The third kappa shape index (κ3) is 4.29. The van der Waals surface area contributed by atoms with Gasteiger partial charge < -0.3 is 14.7 Å². The summed E-state index contributed by atoms with van der Waals surface area (Å²) in [5.41, 5.74) is 1.42. The molecule has 25 heavy (non-hydrogen) atoms. The number of carbonyl (C=O) groups is 1. The van der Waals surface area contributed by atoms with Crippen molar-refractivity contribution in [2.75, 3.05) is 51.2 Å². The van der Waals surface area contributed by atoms with Gasteiger partial charge in [0.05, 0.1) is 0 Å². The van der Waals surface area contributed by atoms with E-state index in [2.05, 4.69) is 27.9 Å². The van der Waals surface area contributed by atoms with Crippen LogP contribution in [0.5, 0.6) is 0 Å². The second kappa shape index (κ2) is 7.83. The van der Waals surface area contributed by atoms with Crippen molar-refractivity contribution in [3.8, 4) is 6.07 Å². The predicted octanol–water partition coefficient (Wildman–Crippen LogP) is 1.64. The summed E-state index contributed by atoms with van der Waals surface area (Å²) in [6.07, 6.45) is 2.69. The zero-order chi connectivity index (χ0) is 17.8. The maximum absolute atomic E-state index is 12.5. The number of rotatable bonds is 3. The smallest absolute Gasteiger partial charge is 0.222 e. The summed E-state index contributed by atoms with van der Waals surface area (Å²) in [5.74, 6) is 1.65. The summed E-state index contributed by atoms with van der Waals surface area (Å²) >= 11 is 0. The van der Waals surface area contributed by atoms with Crippen LogP contribution in [0.15, 0.2) is 12.1 Å². The van der Waals surface area contributed by atoms with Crippen LogP contribution >= 0.6 is 0 Å². The minimum atomic E-state index is 0.312. The van der Waals surface area contributed by atoms with Gasteiger partial charge in [-0.05, 0) is 44.4 Å². The third-order valence-corrected chi connectivity index (χ3v) is 5.45. The molecular formula is C19H27N5O. The van der Waals surface area contributed by atoms with Crippen molar-refractivity contribution < 1.29 is 4.79 Å². The van der Waals surface area contributed by atoms with E-state index in [0.717, 1.165) is 63.5 Å². The Morgan fingerprint density at radius 1 is 1.20 bits per heavy atom. The lowest BCUT2D eigenvalue weighted by Crippen LogP contribution is -2.47. The summed E-state index contributed by atoms with van der Waals surface area (Å²) in [7, 11) is 2.11. The summed E-state index contributed by atoms with van der Waals surface area (Å²) in [6.45, 7) is 7.39. The van der Waals surface area contributed by atoms with E-state index in [1.807, 2.05) is 24.0 Å². The van der Waals surface area contributed by atoms with Crippen molar-refractivity contribution >= 4 is 11.7 Å². The lowest BCUT2D eigenvalue weighted by molar-refractivity contribution is -0.133. The van der Waals surface area contributed by atoms with Crippen LogP contribution in [0.3, 0.4) is 0 Å². The second-order valence-corrected chi connectivity index (χ2v) is 7.27. The number of hydrogen-bond donors (Lipinski definition) is 0. The van der Waals surface area contributed by atoms with Crippen molar-refractivity contribution in [3.63, 3.8) is 0 Å². The number of aryl methyl sites for hydroxylation is 1. The number of anilines is 1. The molecule has 0 aromatic carbocycles. The van der Waals surface area contributed by atoms with Gasteiger partial charge in [-0.2, -0.15) is 5.26 Å². The fourth-order valence-corrected chi connectivity index (χ4v) is 3.61. The Kier molecular flexibility index (Phi) is 5.54. The van der Waals surface area contributed by atoms with Gasteiger partial charge in [0.25, 0.3) is 0 Å². The molecule has 0 atom stereocenters. The normalized spacial score (nSPS) is 19.7. The van der Waals surface area contributed by atoms with Crippen LogP contribution in [0.25, 0.3) is 0 Å². The van der Waals surface area contributed by atoms with Crippen LogP contribution in [0, 0.1) is 24.2 Å². The molecule has 0 aliphatic carbocycles. The van der Waals surface area contributed by atoms with Crippen LogP contribution in [0.4, 0.5) is 5.82 Å². The maximum Gasteiger partial charge on any atom is 0.222 e. The molecule has 0 bridgehead atoms. The van der Waals surface area contributed by atoms with Crippen LogP contribution in [0.1, 0.15) is 30.5 Å². The molecule has 1 amide bonds. The number of pyridine rings is 1. The lowest BCUT2D eigenvalue weighted by atomic mass is 9.93. The van der Waals surface area contributed by atoms with Gasteiger partial charge >= 0.3 is 0 Å². The minimum Gasteiger partial charge on any atom is -0.357 e. The number of amides is 1. The second-order valence-electron chi connectivity index (χ2n) is 7.27. The third-order valence-electron chi connectivity index (χ3n) is 5.45. The van der Waals surface area contributed by atoms with Gasteiger partial charge in [0, 0.05) is 45.7 Å². The van der Waals surface area contributed by atoms with E-state index in [-0.39, 0.29) is 0 Å². The van der Waals surface area contributed by atoms with Gasteiger partial charge in [-0.3, -0.25) is 4.79 Å². The average Bonchev–Trinajstić information content (AvgIpc) is 2.63. The van der Waals surface area contributed by atoms with Crippen molar-refractivity contribution in [2.45, 2.75) is 26.2 Å². The van der Waals surface area contributed by atoms with Crippen molar-refractivity contribution in [1.82, 2.24) is 14.8 Å². The van der Waals surface area contributed by atoms with Gasteiger partial charge in [0.1, 0.15) is 17.6 Å². The quantitative estimate of drug-likeness (QED) is 0.836. The first-order chi connectivity index (χ1) is 12.1. The summed E-state index contributed by atoms with van der Waals surface area (Å²) in [4.78, 5) is 23.5. The van der Waals surface area contributed by atoms with Crippen molar-refractivity contribution in [3.05, 3.63) is 23.4 Å². The van der Waals surface area contributed by atoms with Crippen LogP contribution in [0.2, 0.25) is 0 Å². The molecule has 3 heterocycles. The van der Waals surface area contributed by atoms with E-state index in [9.17, 15) is 4.79 Å². The highest BCUT2D eigenvalue weighted by Crippen LogP contribution is 2.25. The number of nitriles is 1. The molecule has 3 rings (SSSR count). The molecule has 6 heteroatoms. The van der Waals surface area contributed by atoms with E-state index in [4.69, 9.17) is 5.26 Å². The molecule has 0 radical (unpaired) electrons. The number of likely N-dealkylation sites (N-methyl/N-ethyl adjacent to an activating group) is 1. The predicted molar refractivity (Wildman–Crippen MR) is 97.3 cm³/mol. The Hall–Kier alpha value is -2.13. The molecule has 2 fully saturated rings. The highest BCUT2D eigenvalue weighted by Gasteiger charge is 2.26. The summed E-state index contributed by atoms with van der Waals surface area (Å²) < 4.78 is 0. The molecule has 6 nitrogen and oxygen atoms in total. The molecule has 1 aromatic heterocycles. The Morgan fingerprint density at radius 2 is 1.88 bits per heavy atom. The molecular weight excluding hydrogens is 314 g/mol. The number of carbonyl (C=O) groups excluding carboxylic acids is 1. The number of piperidine rings is 1. The molecule has 0 N–H and O–H groups in total. The SMILES string of the molecule is Cc1ccc(N2CCC(CC(=O)N3CCN(C)CC3)CC2)nc1C#N. The van der Waals surface area contributed by atoms with E-state index < -0.39 is 0 Å². The fraction of sp³-hybridized carbons (Fsp3) is 0.632. The number of aromatic nitrogens is 1. The van der Waals surface area contributed by atoms with E-state index in [0.29, 0.717) is 23.9 Å². The number of piperazine rings is 1. The van der Waals surface area contributed by atoms with Gasteiger partial charge in [-0.15, -0.1) is 0 Å². The van der Waals surface area contributed by atoms with E-state index >= 15 is 0 Å². The zero-order valence-electron chi connectivity index (χ0n) is 15.2. The topological polar surface area (TPSA) is 63.5 Å². The number of nitrogens with zero attached hydrogens (tertiary/aromatic N) is 5. The summed E-state index contributed by atoms with van der Waals surface area (Å²) in [5, 5.41) is 9.15. The first-order valence-electron chi connectivity index (χ1n) is 9.16. The van der Waals surface area contributed by atoms with Crippen molar-refractivity contribution in [1.29, 1.82) is 5.26 Å². The van der Waals surface area contributed by atoms with E-state index in [1.54, 1.807) is 0 Å². The fourth-order valence-electron chi connectivity index (χ4n) is 3.61. The molecule has 2 aliphatic heterocycles. The molecule has 2 saturated heterocycles. The van der Waals surface area contributed by atoms with E-state index in [1.165, 1.54) is 0 Å². The highest BCUT2D eigenvalue weighted by molar-refractivity contribution is 5.76. The first-order valence-corrected chi connectivity index (χ1v) is 9.16. The average molecular weight is 341 g/mol. The Labute approximate surface area is 150 Å². The molecule has 134 valence electrons. The Morgan fingerprint density at radius 3 is 2.52 bits per heavy atom.